The molecule has 1 atom stereocenters. The van der Waals surface area contributed by atoms with E-state index in [2.05, 4.69) is 12.0 Å². The molecule has 0 aliphatic carbocycles. The fraction of sp³-hybridized carbons (Fsp3) is 0.400. The number of aliphatic hydroxyl groups is 1. The molecular weight excluding hydrogens is 224 g/mol. The Labute approximate surface area is 108 Å². The summed E-state index contributed by atoms with van der Waals surface area (Å²) >= 11 is 0. The third-order valence-electron chi connectivity index (χ3n) is 3.14. The zero-order chi connectivity index (χ0) is 13.0. The normalized spacial score (nSPS) is 12.6. The summed E-state index contributed by atoms with van der Waals surface area (Å²) in [6.07, 6.45) is 1.05. The van der Waals surface area contributed by atoms with Crippen LogP contribution in [0.15, 0.2) is 36.4 Å². The van der Waals surface area contributed by atoms with Gasteiger partial charge in [0.05, 0.1) is 17.5 Å². The standard InChI is InChI=1S/C15H20N2O/c1-3-13-11-14(17(4-2)16-13)15(18)10-12-8-6-5-7-9-12/h5-9,11,15,18H,3-4,10H2,1-2H3. The van der Waals surface area contributed by atoms with Crippen LogP contribution in [-0.2, 0) is 19.4 Å². The van der Waals surface area contributed by atoms with Crippen molar-refractivity contribution < 1.29 is 5.11 Å². The van der Waals surface area contributed by atoms with Crippen LogP contribution in [0.1, 0.15) is 36.9 Å². The minimum atomic E-state index is -0.486. The van der Waals surface area contributed by atoms with Gasteiger partial charge in [-0.25, -0.2) is 0 Å². The molecule has 0 fully saturated rings. The molecule has 0 bridgehead atoms. The van der Waals surface area contributed by atoms with Gasteiger partial charge in [0.25, 0.3) is 0 Å². The third kappa shape index (κ3) is 2.79. The van der Waals surface area contributed by atoms with E-state index in [1.165, 1.54) is 0 Å². The molecule has 3 nitrogen and oxygen atoms in total. The van der Waals surface area contributed by atoms with Crippen LogP contribution in [-0.4, -0.2) is 14.9 Å². The molecule has 0 aliphatic heterocycles. The maximum atomic E-state index is 10.3. The molecule has 2 aromatic rings. The molecule has 1 aromatic heterocycles. The Hall–Kier alpha value is -1.61. The average molecular weight is 244 g/mol. The largest absolute Gasteiger partial charge is 0.386 e. The molecule has 2 rings (SSSR count). The molecule has 0 saturated heterocycles. The summed E-state index contributed by atoms with van der Waals surface area (Å²) in [5.41, 5.74) is 3.10. The smallest absolute Gasteiger partial charge is 0.0996 e. The number of benzene rings is 1. The van der Waals surface area contributed by atoms with E-state index in [4.69, 9.17) is 0 Å². The van der Waals surface area contributed by atoms with Gasteiger partial charge in [0.1, 0.15) is 0 Å². The quantitative estimate of drug-likeness (QED) is 0.878. The Morgan fingerprint density at radius 2 is 1.94 bits per heavy atom. The molecule has 18 heavy (non-hydrogen) atoms. The van der Waals surface area contributed by atoms with Crippen LogP contribution in [0.2, 0.25) is 0 Å². The number of aliphatic hydroxyl groups excluding tert-OH is 1. The van der Waals surface area contributed by atoms with Crippen LogP contribution in [0.3, 0.4) is 0 Å². The summed E-state index contributed by atoms with van der Waals surface area (Å²) in [6.45, 7) is 4.92. The van der Waals surface area contributed by atoms with Gasteiger partial charge >= 0.3 is 0 Å². The predicted molar refractivity (Wildman–Crippen MR) is 72.4 cm³/mol. The highest BCUT2D eigenvalue weighted by molar-refractivity contribution is 5.20. The van der Waals surface area contributed by atoms with E-state index in [9.17, 15) is 5.11 Å². The van der Waals surface area contributed by atoms with Crippen molar-refractivity contribution in [2.45, 2.75) is 39.3 Å². The number of nitrogens with zero attached hydrogens (tertiary/aromatic N) is 2. The first-order valence-corrected chi connectivity index (χ1v) is 6.53. The minimum absolute atomic E-state index is 0.486. The molecule has 1 N–H and O–H groups in total. The second-order valence-corrected chi connectivity index (χ2v) is 4.44. The van der Waals surface area contributed by atoms with Crippen LogP contribution in [0.25, 0.3) is 0 Å². The summed E-state index contributed by atoms with van der Waals surface area (Å²) in [7, 11) is 0. The summed E-state index contributed by atoms with van der Waals surface area (Å²) < 4.78 is 1.90. The molecule has 1 aromatic carbocycles. The van der Waals surface area contributed by atoms with E-state index < -0.39 is 6.10 Å². The number of aryl methyl sites for hydroxylation is 2. The van der Waals surface area contributed by atoms with Crippen molar-refractivity contribution in [3.05, 3.63) is 53.3 Å². The Kier molecular flexibility index (Phi) is 4.15. The minimum Gasteiger partial charge on any atom is -0.386 e. The molecule has 1 unspecified atom stereocenters. The van der Waals surface area contributed by atoms with Crippen molar-refractivity contribution in [2.24, 2.45) is 0 Å². The molecular formula is C15H20N2O. The maximum Gasteiger partial charge on any atom is 0.0996 e. The maximum absolute atomic E-state index is 10.3. The van der Waals surface area contributed by atoms with Crippen molar-refractivity contribution >= 4 is 0 Å². The molecule has 0 spiro atoms. The summed E-state index contributed by atoms with van der Waals surface area (Å²) in [4.78, 5) is 0. The molecule has 0 radical (unpaired) electrons. The van der Waals surface area contributed by atoms with Crippen LogP contribution in [0.4, 0.5) is 0 Å². The Bertz CT molecular complexity index is 490. The van der Waals surface area contributed by atoms with Crippen molar-refractivity contribution in [1.29, 1.82) is 0 Å². The topological polar surface area (TPSA) is 38.0 Å². The predicted octanol–water partition coefficient (Wildman–Crippen LogP) is 2.74. The van der Waals surface area contributed by atoms with Crippen LogP contribution >= 0.6 is 0 Å². The first kappa shape index (κ1) is 12.8. The fourth-order valence-electron chi connectivity index (χ4n) is 2.12. The van der Waals surface area contributed by atoms with Crippen LogP contribution < -0.4 is 0 Å². The molecule has 1 heterocycles. The van der Waals surface area contributed by atoms with E-state index in [0.29, 0.717) is 6.42 Å². The zero-order valence-electron chi connectivity index (χ0n) is 11.0. The van der Waals surface area contributed by atoms with E-state index in [0.717, 1.165) is 29.9 Å². The summed E-state index contributed by atoms with van der Waals surface area (Å²) in [5.74, 6) is 0. The van der Waals surface area contributed by atoms with Gasteiger partial charge in [0.2, 0.25) is 0 Å². The lowest BCUT2D eigenvalue weighted by atomic mass is 10.1. The van der Waals surface area contributed by atoms with Gasteiger partial charge in [-0.2, -0.15) is 5.10 Å². The summed E-state index contributed by atoms with van der Waals surface area (Å²) in [5, 5.41) is 14.8. The molecule has 96 valence electrons. The van der Waals surface area contributed by atoms with E-state index in [1.54, 1.807) is 0 Å². The lowest BCUT2D eigenvalue weighted by Crippen LogP contribution is -2.10. The van der Waals surface area contributed by atoms with E-state index in [1.807, 2.05) is 48.0 Å². The van der Waals surface area contributed by atoms with E-state index >= 15 is 0 Å². The van der Waals surface area contributed by atoms with Gasteiger partial charge in [-0.1, -0.05) is 37.3 Å². The Morgan fingerprint density at radius 1 is 1.22 bits per heavy atom. The van der Waals surface area contributed by atoms with Crippen molar-refractivity contribution in [1.82, 2.24) is 9.78 Å². The van der Waals surface area contributed by atoms with Gasteiger partial charge < -0.3 is 5.11 Å². The molecule has 0 aliphatic rings. The second-order valence-electron chi connectivity index (χ2n) is 4.44. The number of hydrogen-bond donors (Lipinski definition) is 1. The van der Waals surface area contributed by atoms with Gasteiger partial charge in [-0.3, -0.25) is 4.68 Å². The first-order valence-electron chi connectivity index (χ1n) is 6.53. The molecule has 0 saturated carbocycles. The SMILES string of the molecule is CCc1cc(C(O)Cc2ccccc2)n(CC)n1. The number of aromatic nitrogens is 2. The fourth-order valence-corrected chi connectivity index (χ4v) is 2.12. The van der Waals surface area contributed by atoms with Crippen molar-refractivity contribution in [2.75, 3.05) is 0 Å². The third-order valence-corrected chi connectivity index (χ3v) is 3.14. The first-order chi connectivity index (χ1) is 8.74. The zero-order valence-corrected chi connectivity index (χ0v) is 11.0. The highest BCUT2D eigenvalue weighted by Crippen LogP contribution is 2.19. The summed E-state index contributed by atoms with van der Waals surface area (Å²) in [6, 6.07) is 12.1. The Morgan fingerprint density at radius 3 is 2.56 bits per heavy atom. The van der Waals surface area contributed by atoms with Crippen molar-refractivity contribution in [3.8, 4) is 0 Å². The lowest BCUT2D eigenvalue weighted by molar-refractivity contribution is 0.167. The monoisotopic (exact) mass is 244 g/mol. The van der Waals surface area contributed by atoms with Crippen molar-refractivity contribution in [3.63, 3.8) is 0 Å². The second kappa shape index (κ2) is 5.83. The van der Waals surface area contributed by atoms with Gasteiger partial charge in [0, 0.05) is 13.0 Å². The van der Waals surface area contributed by atoms with Gasteiger partial charge in [-0.05, 0) is 25.0 Å². The average Bonchev–Trinajstić information content (AvgIpc) is 2.83. The Balaban J connectivity index is 2.17. The highest BCUT2D eigenvalue weighted by Gasteiger charge is 2.15. The van der Waals surface area contributed by atoms with Gasteiger partial charge in [0.15, 0.2) is 0 Å². The lowest BCUT2D eigenvalue weighted by Gasteiger charge is -2.12. The van der Waals surface area contributed by atoms with Gasteiger partial charge in [-0.15, -0.1) is 0 Å². The highest BCUT2D eigenvalue weighted by atomic mass is 16.3. The van der Waals surface area contributed by atoms with E-state index in [-0.39, 0.29) is 0 Å². The van der Waals surface area contributed by atoms with Crippen LogP contribution in [0.5, 0.6) is 0 Å². The molecule has 3 heteroatoms. The number of hydrogen-bond acceptors (Lipinski definition) is 2. The molecule has 0 amide bonds. The number of rotatable bonds is 5. The van der Waals surface area contributed by atoms with Crippen LogP contribution in [0, 0.1) is 0 Å².